The fourth-order valence-electron chi connectivity index (χ4n) is 5.70. The molecule has 4 aromatic carbocycles. The van der Waals surface area contributed by atoms with Gasteiger partial charge in [0.25, 0.3) is 0 Å². The molecule has 0 amide bonds. The van der Waals surface area contributed by atoms with Gasteiger partial charge in [-0.05, 0) is 84.0 Å². The summed E-state index contributed by atoms with van der Waals surface area (Å²) in [6, 6.07) is 26.7. The normalized spacial score (nSPS) is 19.2. The minimum absolute atomic E-state index is 0.260. The molecule has 1 aliphatic heterocycles. The number of anilines is 1. The molecule has 6 heteroatoms. The van der Waals surface area contributed by atoms with Gasteiger partial charge in [0.15, 0.2) is 11.5 Å². The van der Waals surface area contributed by atoms with Crippen LogP contribution in [0.3, 0.4) is 0 Å². The van der Waals surface area contributed by atoms with Crippen LogP contribution in [0.2, 0.25) is 10.0 Å². The van der Waals surface area contributed by atoms with E-state index < -0.39 is 0 Å². The zero-order valence-electron chi connectivity index (χ0n) is 22.4. The van der Waals surface area contributed by atoms with Crippen LogP contribution in [0.15, 0.2) is 96.0 Å². The molecule has 2 aliphatic rings. The van der Waals surface area contributed by atoms with Gasteiger partial charge in [-0.25, -0.2) is 0 Å². The number of hydrogen-bond acceptors (Lipinski definition) is 4. The number of nitrogens with zero attached hydrogens (tertiary/aromatic N) is 1. The lowest BCUT2D eigenvalue weighted by atomic mass is 9.76. The Kier molecular flexibility index (Phi) is 7.55. The van der Waals surface area contributed by atoms with Crippen molar-refractivity contribution < 1.29 is 9.47 Å². The van der Waals surface area contributed by atoms with Gasteiger partial charge in [0.2, 0.25) is 0 Å². The Hall–Kier alpha value is -3.73. The van der Waals surface area contributed by atoms with Gasteiger partial charge in [0.1, 0.15) is 6.61 Å². The van der Waals surface area contributed by atoms with Crippen LogP contribution in [0.5, 0.6) is 11.5 Å². The van der Waals surface area contributed by atoms with E-state index in [0.717, 1.165) is 23.2 Å². The number of allylic oxidation sites excluding steroid dienone is 2. The molecule has 0 saturated heterocycles. The van der Waals surface area contributed by atoms with Gasteiger partial charge in [-0.15, -0.1) is 0 Å². The summed E-state index contributed by atoms with van der Waals surface area (Å²) in [7, 11) is 1.60. The summed E-state index contributed by atoms with van der Waals surface area (Å²) < 4.78 is 11.5. The first kappa shape index (κ1) is 26.5. The summed E-state index contributed by atoms with van der Waals surface area (Å²) in [4.78, 5) is 4.70. The molecule has 0 saturated carbocycles. The number of methoxy groups -OCH3 is 1. The highest BCUT2D eigenvalue weighted by atomic mass is 35.5. The molecule has 1 N–H and O–H groups in total. The third-order valence-corrected chi connectivity index (χ3v) is 8.17. The lowest BCUT2D eigenvalue weighted by Crippen LogP contribution is -2.29. The topological polar surface area (TPSA) is 42.8 Å². The SMILES string of the molecule is COc1cc(C=Nc2ccc([C@@H]3Nc4ccc(C)cc4[C@@H]4C=CC[C@@H]43)cc2)cc(Cl)c1OCc1cccc(Cl)c1. The third kappa shape index (κ3) is 5.47. The highest BCUT2D eigenvalue weighted by Crippen LogP contribution is 2.50. The summed E-state index contributed by atoms with van der Waals surface area (Å²) in [5.74, 6) is 2.00. The average Bonchev–Trinajstić information content (AvgIpc) is 3.46. The number of fused-ring (bicyclic) bond motifs is 3. The van der Waals surface area contributed by atoms with E-state index in [1.165, 1.54) is 22.4 Å². The van der Waals surface area contributed by atoms with Crippen molar-refractivity contribution >= 4 is 40.8 Å². The summed E-state index contributed by atoms with van der Waals surface area (Å²) in [5, 5.41) is 4.93. The van der Waals surface area contributed by atoms with Crippen LogP contribution in [-0.2, 0) is 6.61 Å². The first-order chi connectivity index (χ1) is 19.5. The van der Waals surface area contributed by atoms with Crippen molar-refractivity contribution in [1.29, 1.82) is 0 Å². The van der Waals surface area contributed by atoms with Gasteiger partial charge < -0.3 is 14.8 Å². The number of nitrogens with one attached hydrogen (secondary N) is 1. The Bertz CT molecular complexity index is 1600. The van der Waals surface area contributed by atoms with E-state index >= 15 is 0 Å². The monoisotopic (exact) mass is 568 g/mol. The molecular formula is C34H30Cl2N2O2. The Morgan fingerprint density at radius 1 is 1.00 bits per heavy atom. The smallest absolute Gasteiger partial charge is 0.180 e. The molecular weight excluding hydrogens is 539 g/mol. The van der Waals surface area contributed by atoms with E-state index in [1.807, 2.05) is 36.4 Å². The Morgan fingerprint density at radius 3 is 2.65 bits per heavy atom. The number of ether oxygens (including phenoxy) is 2. The number of aryl methyl sites for hydroxylation is 1. The molecule has 6 rings (SSSR count). The number of benzene rings is 4. The molecule has 0 bridgehead atoms. The van der Waals surface area contributed by atoms with Crippen molar-refractivity contribution in [3.05, 3.63) is 129 Å². The Balaban J connectivity index is 1.17. The summed E-state index contributed by atoms with van der Waals surface area (Å²) in [5.41, 5.74) is 7.85. The second-order valence-corrected chi connectivity index (χ2v) is 11.2. The molecule has 4 nitrogen and oxygen atoms in total. The fourth-order valence-corrected chi connectivity index (χ4v) is 6.18. The van der Waals surface area contributed by atoms with Crippen LogP contribution in [0.1, 0.15) is 46.2 Å². The van der Waals surface area contributed by atoms with Crippen LogP contribution in [0, 0.1) is 12.8 Å². The Morgan fingerprint density at radius 2 is 1.85 bits per heavy atom. The molecule has 4 aromatic rings. The highest BCUT2D eigenvalue weighted by molar-refractivity contribution is 6.32. The van der Waals surface area contributed by atoms with Crippen LogP contribution in [0.25, 0.3) is 0 Å². The second-order valence-electron chi connectivity index (χ2n) is 10.4. The maximum absolute atomic E-state index is 6.58. The van der Waals surface area contributed by atoms with Gasteiger partial charge >= 0.3 is 0 Å². The maximum Gasteiger partial charge on any atom is 0.180 e. The molecule has 3 atom stereocenters. The summed E-state index contributed by atoms with van der Waals surface area (Å²) in [6.45, 7) is 2.49. The summed E-state index contributed by atoms with van der Waals surface area (Å²) >= 11 is 12.7. The third-order valence-electron chi connectivity index (χ3n) is 7.66. The van der Waals surface area contributed by atoms with Gasteiger partial charge in [-0.3, -0.25) is 4.99 Å². The van der Waals surface area contributed by atoms with Gasteiger partial charge in [-0.1, -0.05) is 77.3 Å². The standard InChI is InChI=1S/C34H30Cl2N2O2/c1-21-9-14-31-29(15-21)27-7-4-8-28(27)33(38-31)24-10-12-26(13-11-24)37-19-23-17-30(36)34(32(18-23)39-2)40-20-22-5-3-6-25(35)16-22/h3-7,9-19,27-28,33,38H,8,20H2,1-2H3/t27-,28+,33+/m1/s1. The zero-order valence-corrected chi connectivity index (χ0v) is 23.9. The highest BCUT2D eigenvalue weighted by Gasteiger charge is 2.37. The van der Waals surface area contributed by atoms with Gasteiger partial charge in [-0.2, -0.15) is 0 Å². The van der Waals surface area contributed by atoms with Crippen molar-refractivity contribution in [2.45, 2.75) is 31.9 Å². The largest absolute Gasteiger partial charge is 0.493 e. The maximum atomic E-state index is 6.58. The van der Waals surface area contributed by atoms with Crippen LogP contribution < -0.4 is 14.8 Å². The molecule has 1 aliphatic carbocycles. The number of rotatable bonds is 7. The predicted octanol–water partition coefficient (Wildman–Crippen LogP) is 9.47. The van der Waals surface area contributed by atoms with Crippen molar-refractivity contribution in [1.82, 2.24) is 0 Å². The first-order valence-corrected chi connectivity index (χ1v) is 14.2. The average molecular weight is 570 g/mol. The number of halogens is 2. The Labute approximate surface area is 245 Å². The molecule has 0 spiro atoms. The molecule has 202 valence electrons. The van der Waals surface area contributed by atoms with Crippen LogP contribution in [-0.4, -0.2) is 13.3 Å². The quantitative estimate of drug-likeness (QED) is 0.178. The van der Waals surface area contributed by atoms with Crippen LogP contribution >= 0.6 is 23.2 Å². The van der Waals surface area contributed by atoms with E-state index in [4.69, 9.17) is 37.7 Å². The van der Waals surface area contributed by atoms with Gasteiger partial charge in [0, 0.05) is 22.8 Å². The summed E-state index contributed by atoms with van der Waals surface area (Å²) in [6.07, 6.45) is 7.57. The lowest BCUT2D eigenvalue weighted by molar-refractivity contribution is 0.284. The second kappa shape index (κ2) is 11.4. The number of hydrogen-bond donors (Lipinski definition) is 1. The molecule has 0 aromatic heterocycles. The van der Waals surface area contributed by atoms with Gasteiger partial charge in [0.05, 0.1) is 23.9 Å². The fraction of sp³-hybridized carbons (Fsp3) is 0.206. The van der Waals surface area contributed by atoms with E-state index in [0.29, 0.717) is 40.0 Å². The molecule has 0 unspecified atom stereocenters. The lowest BCUT2D eigenvalue weighted by Gasteiger charge is -2.37. The van der Waals surface area contributed by atoms with Crippen LogP contribution in [0.4, 0.5) is 11.4 Å². The molecule has 0 fully saturated rings. The van der Waals surface area contributed by atoms with Crippen molar-refractivity contribution in [2.75, 3.05) is 12.4 Å². The minimum Gasteiger partial charge on any atom is -0.493 e. The number of aliphatic imine (C=N–C) groups is 1. The van der Waals surface area contributed by atoms with E-state index in [1.54, 1.807) is 13.3 Å². The molecule has 0 radical (unpaired) electrons. The first-order valence-electron chi connectivity index (χ1n) is 13.4. The predicted molar refractivity (Wildman–Crippen MR) is 165 cm³/mol. The van der Waals surface area contributed by atoms with E-state index in [2.05, 4.69) is 66.9 Å². The van der Waals surface area contributed by atoms with Crippen molar-refractivity contribution in [2.24, 2.45) is 10.9 Å². The zero-order chi connectivity index (χ0) is 27.6. The van der Waals surface area contributed by atoms with Crippen molar-refractivity contribution in [3.63, 3.8) is 0 Å². The molecule has 40 heavy (non-hydrogen) atoms. The van der Waals surface area contributed by atoms with E-state index in [9.17, 15) is 0 Å². The molecule has 1 heterocycles. The van der Waals surface area contributed by atoms with E-state index in [-0.39, 0.29) is 6.04 Å². The van der Waals surface area contributed by atoms with Crippen molar-refractivity contribution in [3.8, 4) is 11.5 Å². The minimum atomic E-state index is 0.260.